The van der Waals surface area contributed by atoms with Crippen LogP contribution in [0.15, 0.2) is 16.7 Å². The van der Waals surface area contributed by atoms with Gasteiger partial charge in [0.2, 0.25) is 5.76 Å². The third-order valence-corrected chi connectivity index (χ3v) is 4.79. The number of carbonyl (C=O) groups is 2. The number of carboxylic acid groups (broad SMARTS) is 1. The molecule has 0 radical (unpaired) electrons. The van der Waals surface area contributed by atoms with E-state index in [1.165, 1.54) is 18.8 Å². The molecular formula is C12H15NO4S. The van der Waals surface area contributed by atoms with Gasteiger partial charge in [0.25, 0.3) is 5.91 Å². The Morgan fingerprint density at radius 3 is 2.78 bits per heavy atom. The molecule has 2 N–H and O–H groups in total. The Hall–Kier alpha value is -1.43. The van der Waals surface area contributed by atoms with E-state index in [1.54, 1.807) is 11.8 Å². The summed E-state index contributed by atoms with van der Waals surface area (Å²) in [5.41, 5.74) is -0.0979. The van der Waals surface area contributed by atoms with Gasteiger partial charge in [0.05, 0.1) is 6.26 Å². The van der Waals surface area contributed by atoms with Gasteiger partial charge in [-0.15, -0.1) is 0 Å². The van der Waals surface area contributed by atoms with Gasteiger partial charge in [0.15, 0.2) is 0 Å². The van der Waals surface area contributed by atoms with E-state index in [9.17, 15) is 9.59 Å². The maximum Gasteiger partial charge on any atom is 0.339 e. The number of hydrogen-bond donors (Lipinski definition) is 2. The molecule has 1 fully saturated rings. The van der Waals surface area contributed by atoms with Crippen molar-refractivity contribution in [3.8, 4) is 0 Å². The monoisotopic (exact) mass is 269 g/mol. The molecular weight excluding hydrogens is 254 g/mol. The lowest BCUT2D eigenvalue weighted by Crippen LogP contribution is -2.45. The van der Waals surface area contributed by atoms with Crippen molar-refractivity contribution in [3.63, 3.8) is 0 Å². The topological polar surface area (TPSA) is 79.5 Å². The molecule has 1 heterocycles. The van der Waals surface area contributed by atoms with E-state index in [-0.39, 0.29) is 16.1 Å². The molecule has 5 nitrogen and oxygen atoms in total. The summed E-state index contributed by atoms with van der Waals surface area (Å²) in [6.45, 7) is 0.548. The Labute approximate surface area is 109 Å². The van der Waals surface area contributed by atoms with Crippen LogP contribution in [-0.2, 0) is 0 Å². The van der Waals surface area contributed by atoms with Gasteiger partial charge < -0.3 is 14.8 Å². The van der Waals surface area contributed by atoms with Crippen molar-refractivity contribution in [3.05, 3.63) is 23.7 Å². The second-order valence-corrected chi connectivity index (χ2v) is 5.67. The third-order valence-electron chi connectivity index (χ3n) is 3.37. The summed E-state index contributed by atoms with van der Waals surface area (Å²) in [5, 5.41) is 11.6. The fourth-order valence-electron chi connectivity index (χ4n) is 2.00. The van der Waals surface area contributed by atoms with Crippen molar-refractivity contribution in [2.45, 2.75) is 24.0 Å². The molecule has 1 saturated carbocycles. The average Bonchev–Trinajstić information content (AvgIpc) is 2.76. The van der Waals surface area contributed by atoms with Crippen LogP contribution in [0.3, 0.4) is 0 Å². The third kappa shape index (κ3) is 2.38. The second-order valence-electron chi connectivity index (χ2n) is 4.39. The van der Waals surface area contributed by atoms with Crippen molar-refractivity contribution in [1.82, 2.24) is 5.32 Å². The lowest BCUT2D eigenvalue weighted by Gasteiger charge is -2.40. The van der Waals surface area contributed by atoms with E-state index in [1.807, 2.05) is 6.26 Å². The van der Waals surface area contributed by atoms with E-state index in [2.05, 4.69) is 5.32 Å². The summed E-state index contributed by atoms with van der Waals surface area (Å²) in [6, 6.07) is 1.28. The number of furan rings is 1. The molecule has 1 aliphatic carbocycles. The van der Waals surface area contributed by atoms with Crippen molar-refractivity contribution in [2.24, 2.45) is 0 Å². The van der Waals surface area contributed by atoms with Crippen molar-refractivity contribution < 1.29 is 19.1 Å². The predicted octanol–water partition coefficient (Wildman–Crippen LogP) is 1.99. The van der Waals surface area contributed by atoms with Gasteiger partial charge in [-0.1, -0.05) is 6.42 Å². The molecule has 0 saturated heterocycles. The number of hydrogen-bond acceptors (Lipinski definition) is 4. The summed E-state index contributed by atoms with van der Waals surface area (Å²) in [5.74, 6) is -1.74. The first-order valence-corrected chi connectivity index (χ1v) is 6.95. The minimum absolute atomic E-state index is 0.0979. The zero-order chi connectivity index (χ0) is 13.2. The van der Waals surface area contributed by atoms with Gasteiger partial charge in [0.1, 0.15) is 5.56 Å². The number of amides is 1. The largest absolute Gasteiger partial charge is 0.478 e. The maximum atomic E-state index is 11.9. The zero-order valence-corrected chi connectivity index (χ0v) is 10.9. The summed E-state index contributed by atoms with van der Waals surface area (Å²) < 4.78 is 5.06. The van der Waals surface area contributed by atoms with Crippen LogP contribution in [-0.4, -0.2) is 34.5 Å². The standard InChI is InChI=1S/C12H15NO4S/c1-18-12(4-2-5-12)7-13-10(14)9-8(11(15)16)3-6-17-9/h3,6H,2,4-5,7H2,1H3,(H,13,14)(H,15,16). The lowest BCUT2D eigenvalue weighted by molar-refractivity contribution is 0.0687. The van der Waals surface area contributed by atoms with E-state index in [0.29, 0.717) is 6.54 Å². The molecule has 18 heavy (non-hydrogen) atoms. The average molecular weight is 269 g/mol. The molecule has 0 bridgehead atoms. The van der Waals surface area contributed by atoms with Crippen LogP contribution in [0.2, 0.25) is 0 Å². The summed E-state index contributed by atoms with van der Waals surface area (Å²) >= 11 is 1.75. The van der Waals surface area contributed by atoms with Crippen LogP contribution < -0.4 is 5.32 Å². The summed E-state index contributed by atoms with van der Waals surface area (Å²) in [4.78, 5) is 22.7. The van der Waals surface area contributed by atoms with Crippen LogP contribution >= 0.6 is 11.8 Å². The summed E-state index contributed by atoms with van der Waals surface area (Å²) in [6.07, 6.45) is 6.58. The number of nitrogens with one attached hydrogen (secondary N) is 1. The smallest absolute Gasteiger partial charge is 0.339 e. The highest BCUT2D eigenvalue weighted by Gasteiger charge is 2.36. The molecule has 1 aliphatic rings. The molecule has 2 rings (SSSR count). The van der Waals surface area contributed by atoms with Gasteiger partial charge in [-0.25, -0.2) is 4.79 Å². The molecule has 1 aromatic rings. The molecule has 6 heteroatoms. The minimum atomic E-state index is -1.16. The van der Waals surface area contributed by atoms with Crippen LogP contribution in [0, 0.1) is 0 Å². The summed E-state index contributed by atoms with van der Waals surface area (Å²) in [7, 11) is 0. The predicted molar refractivity (Wildman–Crippen MR) is 68.1 cm³/mol. The normalized spacial score (nSPS) is 16.9. The quantitative estimate of drug-likeness (QED) is 0.854. The van der Waals surface area contributed by atoms with E-state index >= 15 is 0 Å². The SMILES string of the molecule is CSC1(CNC(=O)c2occc2C(=O)O)CCC1. The number of aromatic carboxylic acids is 1. The first kappa shape index (κ1) is 13.0. The van der Waals surface area contributed by atoms with Gasteiger partial charge >= 0.3 is 5.97 Å². The van der Waals surface area contributed by atoms with Crippen molar-refractivity contribution in [1.29, 1.82) is 0 Å². The Kier molecular flexibility index (Phi) is 3.65. The first-order chi connectivity index (χ1) is 8.58. The maximum absolute atomic E-state index is 11.9. The van der Waals surface area contributed by atoms with Crippen molar-refractivity contribution >= 4 is 23.6 Å². The highest BCUT2D eigenvalue weighted by atomic mass is 32.2. The highest BCUT2D eigenvalue weighted by Crippen LogP contribution is 2.42. The van der Waals surface area contributed by atoms with Crippen LogP contribution in [0.4, 0.5) is 0 Å². The molecule has 0 spiro atoms. The van der Waals surface area contributed by atoms with Gasteiger partial charge in [0, 0.05) is 11.3 Å². The van der Waals surface area contributed by atoms with Crippen molar-refractivity contribution in [2.75, 3.05) is 12.8 Å². The Morgan fingerprint density at radius 1 is 1.56 bits per heavy atom. The lowest BCUT2D eigenvalue weighted by atomic mass is 9.84. The first-order valence-electron chi connectivity index (χ1n) is 5.72. The second kappa shape index (κ2) is 5.06. The molecule has 0 atom stereocenters. The van der Waals surface area contributed by atoms with Crippen LogP contribution in [0.25, 0.3) is 0 Å². The fraction of sp³-hybridized carbons (Fsp3) is 0.500. The molecule has 0 unspecified atom stereocenters. The highest BCUT2D eigenvalue weighted by molar-refractivity contribution is 8.00. The fourth-order valence-corrected chi connectivity index (χ4v) is 2.91. The Bertz CT molecular complexity index is 459. The van der Waals surface area contributed by atoms with Gasteiger partial charge in [-0.2, -0.15) is 11.8 Å². The van der Waals surface area contributed by atoms with E-state index in [0.717, 1.165) is 12.8 Å². The van der Waals surface area contributed by atoms with E-state index < -0.39 is 11.9 Å². The number of carboxylic acids is 1. The number of thioether (sulfide) groups is 1. The Morgan fingerprint density at radius 2 is 2.28 bits per heavy atom. The molecule has 0 aliphatic heterocycles. The van der Waals surface area contributed by atoms with Crippen LogP contribution in [0.1, 0.15) is 40.2 Å². The zero-order valence-electron chi connectivity index (χ0n) is 10.1. The van der Waals surface area contributed by atoms with E-state index in [4.69, 9.17) is 9.52 Å². The number of rotatable bonds is 5. The minimum Gasteiger partial charge on any atom is -0.478 e. The van der Waals surface area contributed by atoms with Gasteiger partial charge in [-0.3, -0.25) is 4.79 Å². The molecule has 0 aromatic carbocycles. The Balaban J connectivity index is 1.99. The van der Waals surface area contributed by atoms with Crippen LogP contribution in [0.5, 0.6) is 0 Å². The molecule has 1 aromatic heterocycles. The number of carbonyl (C=O) groups excluding carboxylic acids is 1. The van der Waals surface area contributed by atoms with Gasteiger partial charge in [-0.05, 0) is 25.2 Å². The molecule has 98 valence electrons. The molecule has 1 amide bonds.